The number of imide groups is 1. The summed E-state index contributed by atoms with van der Waals surface area (Å²) in [6, 6.07) is 13.4. The van der Waals surface area contributed by atoms with Crippen molar-refractivity contribution in [3.8, 4) is 0 Å². The maximum absolute atomic E-state index is 12.7. The Kier molecular flexibility index (Phi) is 6.13. The molecule has 4 rings (SSSR count). The van der Waals surface area contributed by atoms with Crippen molar-refractivity contribution in [1.29, 1.82) is 0 Å². The summed E-state index contributed by atoms with van der Waals surface area (Å²) in [5.74, 6) is -0.839. The van der Waals surface area contributed by atoms with Crippen LogP contribution in [0.25, 0.3) is 6.08 Å². The molecule has 0 aromatic heterocycles. The van der Waals surface area contributed by atoms with Gasteiger partial charge in [0.2, 0.25) is 5.91 Å². The third-order valence-corrected chi connectivity index (χ3v) is 6.38. The normalized spacial score (nSPS) is 17.7. The molecule has 0 atom stereocenters. The fourth-order valence-electron chi connectivity index (χ4n) is 3.85. The van der Waals surface area contributed by atoms with Gasteiger partial charge in [-0.05, 0) is 79.9 Å². The topological polar surface area (TPSA) is 69.7 Å². The Labute approximate surface area is 186 Å². The molecule has 0 bridgehead atoms. The van der Waals surface area contributed by atoms with Gasteiger partial charge in [-0.3, -0.25) is 19.3 Å². The van der Waals surface area contributed by atoms with Crippen molar-refractivity contribution in [2.24, 2.45) is 0 Å². The van der Waals surface area contributed by atoms with Gasteiger partial charge in [0, 0.05) is 24.5 Å². The Bertz CT molecular complexity index is 1060. The molecule has 31 heavy (non-hydrogen) atoms. The molecule has 7 heteroatoms. The molecule has 0 spiro atoms. The fourth-order valence-corrected chi connectivity index (χ4v) is 4.69. The van der Waals surface area contributed by atoms with Crippen molar-refractivity contribution in [1.82, 2.24) is 4.90 Å². The van der Waals surface area contributed by atoms with Crippen molar-refractivity contribution >= 4 is 46.3 Å². The summed E-state index contributed by atoms with van der Waals surface area (Å²) in [4.78, 5) is 41.1. The number of thioether (sulfide) groups is 1. The predicted molar refractivity (Wildman–Crippen MR) is 125 cm³/mol. The van der Waals surface area contributed by atoms with E-state index in [1.165, 1.54) is 18.5 Å². The lowest BCUT2D eigenvalue weighted by molar-refractivity contribution is -0.127. The molecule has 2 fully saturated rings. The molecule has 2 aliphatic rings. The first-order valence-corrected chi connectivity index (χ1v) is 11.2. The van der Waals surface area contributed by atoms with Crippen molar-refractivity contribution in [3.63, 3.8) is 0 Å². The summed E-state index contributed by atoms with van der Waals surface area (Å²) in [5, 5.41) is 2.29. The number of nitrogens with one attached hydrogen (secondary N) is 1. The van der Waals surface area contributed by atoms with Crippen molar-refractivity contribution < 1.29 is 14.4 Å². The summed E-state index contributed by atoms with van der Waals surface area (Å²) < 4.78 is 0. The van der Waals surface area contributed by atoms with Crippen LogP contribution in [-0.2, 0) is 9.59 Å². The third-order valence-electron chi connectivity index (χ3n) is 5.48. The first-order valence-electron chi connectivity index (χ1n) is 10.4. The van der Waals surface area contributed by atoms with E-state index >= 15 is 0 Å². The lowest BCUT2D eigenvalue weighted by Gasteiger charge is -2.20. The number of hydrogen-bond acceptors (Lipinski definition) is 5. The van der Waals surface area contributed by atoms with Crippen LogP contribution in [-0.4, -0.2) is 41.6 Å². The molecule has 2 heterocycles. The molecule has 1 N–H and O–H groups in total. The first kappa shape index (κ1) is 21.2. The summed E-state index contributed by atoms with van der Waals surface area (Å²) in [6.45, 7) is 5.86. The quantitative estimate of drug-likeness (QED) is 0.697. The molecule has 160 valence electrons. The van der Waals surface area contributed by atoms with Crippen LogP contribution in [0.15, 0.2) is 47.4 Å². The molecule has 0 saturated carbocycles. The van der Waals surface area contributed by atoms with E-state index in [0.717, 1.165) is 46.4 Å². The van der Waals surface area contributed by atoms with Crippen LogP contribution in [0, 0.1) is 13.8 Å². The molecule has 0 aliphatic carbocycles. The van der Waals surface area contributed by atoms with Crippen LogP contribution in [0.2, 0.25) is 0 Å². The predicted octanol–water partition coefficient (Wildman–Crippen LogP) is 4.58. The Morgan fingerprint density at radius 2 is 1.77 bits per heavy atom. The van der Waals surface area contributed by atoms with E-state index in [2.05, 4.69) is 23.2 Å². The number of hydrogen-bond donors (Lipinski definition) is 1. The van der Waals surface area contributed by atoms with Gasteiger partial charge in [-0.15, -0.1) is 0 Å². The molecular weight excluding hydrogens is 410 g/mol. The van der Waals surface area contributed by atoms with Crippen LogP contribution in [0.1, 0.15) is 29.5 Å². The zero-order valence-electron chi connectivity index (χ0n) is 17.7. The van der Waals surface area contributed by atoms with E-state index in [4.69, 9.17) is 0 Å². The average molecular weight is 436 g/mol. The molecule has 6 nitrogen and oxygen atoms in total. The van der Waals surface area contributed by atoms with E-state index in [0.29, 0.717) is 10.6 Å². The summed E-state index contributed by atoms with van der Waals surface area (Å²) >= 11 is 0.870. The minimum absolute atomic E-state index is 0.303. The maximum Gasteiger partial charge on any atom is 0.294 e. The minimum Gasteiger partial charge on any atom is -0.371 e. The third kappa shape index (κ3) is 4.82. The zero-order chi connectivity index (χ0) is 22.0. The second kappa shape index (κ2) is 8.98. The number of carbonyl (C=O) groups is 3. The van der Waals surface area contributed by atoms with Crippen LogP contribution >= 0.6 is 11.8 Å². The molecule has 2 aromatic rings. The highest BCUT2D eigenvalue weighted by atomic mass is 32.2. The number of carbonyl (C=O) groups excluding carboxylic acids is 3. The summed E-state index contributed by atoms with van der Waals surface area (Å²) in [5.41, 5.74) is 4.95. The number of nitrogens with zero attached hydrogens (tertiary/aromatic N) is 2. The van der Waals surface area contributed by atoms with Crippen LogP contribution in [0.3, 0.4) is 0 Å². The van der Waals surface area contributed by atoms with Crippen molar-refractivity contribution in [2.75, 3.05) is 29.9 Å². The molecule has 0 radical (unpaired) electrons. The van der Waals surface area contributed by atoms with Crippen molar-refractivity contribution in [2.45, 2.75) is 26.7 Å². The highest BCUT2D eigenvalue weighted by molar-refractivity contribution is 8.18. The van der Waals surface area contributed by atoms with Crippen LogP contribution in [0.5, 0.6) is 0 Å². The van der Waals surface area contributed by atoms with Gasteiger partial charge in [0.05, 0.1) is 4.91 Å². The highest BCUT2D eigenvalue weighted by Crippen LogP contribution is 2.33. The van der Waals surface area contributed by atoms with E-state index in [9.17, 15) is 14.4 Å². The average Bonchev–Trinajstić information content (AvgIpc) is 3.35. The van der Waals surface area contributed by atoms with Gasteiger partial charge in [0.15, 0.2) is 0 Å². The van der Waals surface area contributed by atoms with Gasteiger partial charge in [-0.2, -0.15) is 0 Å². The van der Waals surface area contributed by atoms with Gasteiger partial charge >= 0.3 is 0 Å². The second-order valence-corrected chi connectivity index (χ2v) is 8.92. The Hall–Kier alpha value is -3.06. The number of amides is 3. The molecule has 2 saturated heterocycles. The fraction of sp³-hybridized carbons (Fsp3) is 0.292. The largest absolute Gasteiger partial charge is 0.371 e. The molecule has 3 amide bonds. The lowest BCUT2D eigenvalue weighted by atomic mass is 10.1. The second-order valence-electron chi connectivity index (χ2n) is 7.92. The van der Waals surface area contributed by atoms with Gasteiger partial charge in [0.1, 0.15) is 6.54 Å². The minimum atomic E-state index is -0.435. The van der Waals surface area contributed by atoms with Crippen LogP contribution in [0.4, 0.5) is 16.2 Å². The number of rotatable bonds is 5. The Morgan fingerprint density at radius 3 is 2.45 bits per heavy atom. The SMILES string of the molecule is Cc1ccc(NC(=O)CN2C(=O)SC(=Cc3ccc(N4CCCC4)c(C)c3)C2=O)cc1. The monoisotopic (exact) mass is 435 g/mol. The smallest absolute Gasteiger partial charge is 0.294 e. The first-order chi connectivity index (χ1) is 14.9. The lowest BCUT2D eigenvalue weighted by Crippen LogP contribution is -2.36. The van der Waals surface area contributed by atoms with E-state index < -0.39 is 17.1 Å². The number of benzene rings is 2. The summed E-state index contributed by atoms with van der Waals surface area (Å²) in [6.07, 6.45) is 4.15. The van der Waals surface area contributed by atoms with Gasteiger partial charge in [-0.25, -0.2) is 0 Å². The number of anilines is 2. The van der Waals surface area contributed by atoms with Gasteiger partial charge < -0.3 is 10.2 Å². The molecule has 2 aliphatic heterocycles. The zero-order valence-corrected chi connectivity index (χ0v) is 18.5. The van der Waals surface area contributed by atoms with Crippen molar-refractivity contribution in [3.05, 3.63) is 64.1 Å². The van der Waals surface area contributed by atoms with E-state index in [1.807, 2.05) is 31.2 Å². The molecule has 0 unspecified atom stereocenters. The summed E-state index contributed by atoms with van der Waals surface area (Å²) in [7, 11) is 0. The van der Waals surface area contributed by atoms with E-state index in [-0.39, 0.29) is 6.54 Å². The van der Waals surface area contributed by atoms with Gasteiger partial charge in [0.25, 0.3) is 11.1 Å². The van der Waals surface area contributed by atoms with Crippen LogP contribution < -0.4 is 10.2 Å². The Balaban J connectivity index is 1.43. The highest BCUT2D eigenvalue weighted by Gasteiger charge is 2.36. The van der Waals surface area contributed by atoms with Gasteiger partial charge in [-0.1, -0.05) is 23.8 Å². The maximum atomic E-state index is 12.7. The Morgan fingerprint density at radius 1 is 1.06 bits per heavy atom. The standard InChI is InChI=1S/C24H25N3O3S/c1-16-5-8-19(9-6-16)25-22(28)15-27-23(29)21(31-24(27)30)14-18-7-10-20(17(2)13-18)26-11-3-4-12-26/h5-10,13-14H,3-4,11-12,15H2,1-2H3,(H,25,28). The molecular formula is C24H25N3O3S. The number of aryl methyl sites for hydroxylation is 2. The van der Waals surface area contributed by atoms with E-state index in [1.54, 1.807) is 18.2 Å². The molecule has 2 aromatic carbocycles.